The van der Waals surface area contributed by atoms with E-state index >= 15 is 0 Å². The molecule has 22 heavy (non-hydrogen) atoms. The van der Waals surface area contributed by atoms with Crippen molar-refractivity contribution in [1.29, 1.82) is 0 Å². The summed E-state index contributed by atoms with van der Waals surface area (Å²) in [5.41, 5.74) is 0.0625. The number of likely N-dealkylation sites (N-methyl/N-ethyl adjacent to an activating group) is 1. The Morgan fingerprint density at radius 2 is 2.27 bits per heavy atom. The predicted molar refractivity (Wildman–Crippen MR) is 91.9 cm³/mol. The Labute approximate surface area is 138 Å². The zero-order valence-corrected chi connectivity index (χ0v) is 14.7. The first-order valence-electron chi connectivity index (χ1n) is 7.28. The van der Waals surface area contributed by atoms with Crippen molar-refractivity contribution in [2.24, 2.45) is 0 Å². The standard InChI is InChI=1S/C14H21N5OS2/c1-18(2)7-14(20)5-4-6-19(8-14)12-10-11(15-9-16-12)17-13(21-3)22-10/h9,20H,4-8H2,1-3H3. The number of rotatable bonds is 4. The van der Waals surface area contributed by atoms with E-state index in [0.29, 0.717) is 13.1 Å². The highest BCUT2D eigenvalue weighted by molar-refractivity contribution is 8.00. The van der Waals surface area contributed by atoms with Gasteiger partial charge in [-0.3, -0.25) is 0 Å². The van der Waals surface area contributed by atoms with Crippen molar-refractivity contribution in [3.8, 4) is 0 Å². The fourth-order valence-electron chi connectivity index (χ4n) is 3.05. The zero-order valence-electron chi connectivity index (χ0n) is 13.1. The number of aliphatic hydroxyl groups is 1. The van der Waals surface area contributed by atoms with Crippen molar-refractivity contribution in [3.63, 3.8) is 0 Å². The summed E-state index contributed by atoms with van der Waals surface area (Å²) in [6.07, 6.45) is 5.38. The van der Waals surface area contributed by atoms with Crippen molar-refractivity contribution in [1.82, 2.24) is 19.9 Å². The van der Waals surface area contributed by atoms with Crippen molar-refractivity contribution >= 4 is 39.3 Å². The molecule has 1 fully saturated rings. The minimum atomic E-state index is -0.688. The van der Waals surface area contributed by atoms with Gasteiger partial charge in [-0.15, -0.1) is 11.3 Å². The van der Waals surface area contributed by atoms with Crippen LogP contribution in [0.25, 0.3) is 10.3 Å². The van der Waals surface area contributed by atoms with E-state index in [-0.39, 0.29) is 0 Å². The summed E-state index contributed by atoms with van der Waals surface area (Å²) in [6.45, 7) is 2.18. The van der Waals surface area contributed by atoms with Crippen LogP contribution in [-0.2, 0) is 0 Å². The molecule has 0 aliphatic carbocycles. The van der Waals surface area contributed by atoms with Gasteiger partial charge in [0.1, 0.15) is 11.0 Å². The van der Waals surface area contributed by atoms with Crippen molar-refractivity contribution < 1.29 is 5.11 Å². The number of thiazole rings is 1. The summed E-state index contributed by atoms with van der Waals surface area (Å²) in [7, 11) is 3.99. The van der Waals surface area contributed by atoms with Gasteiger partial charge in [-0.2, -0.15) is 0 Å². The number of anilines is 1. The average Bonchev–Trinajstić information content (AvgIpc) is 2.88. The lowest BCUT2D eigenvalue weighted by atomic mass is 9.92. The van der Waals surface area contributed by atoms with Gasteiger partial charge in [-0.1, -0.05) is 11.8 Å². The predicted octanol–water partition coefficient (Wildman–Crippen LogP) is 1.70. The van der Waals surface area contributed by atoms with Gasteiger partial charge in [0.2, 0.25) is 0 Å². The number of aromatic nitrogens is 3. The van der Waals surface area contributed by atoms with Crippen LogP contribution in [0.3, 0.4) is 0 Å². The number of hydrogen-bond acceptors (Lipinski definition) is 8. The minimum absolute atomic E-state index is 0.601. The summed E-state index contributed by atoms with van der Waals surface area (Å²) in [6, 6.07) is 0. The highest BCUT2D eigenvalue weighted by Gasteiger charge is 2.35. The van der Waals surface area contributed by atoms with Crippen LogP contribution in [0.1, 0.15) is 12.8 Å². The first-order chi connectivity index (χ1) is 10.5. The maximum absolute atomic E-state index is 10.9. The quantitative estimate of drug-likeness (QED) is 0.851. The number of fused-ring (bicyclic) bond motifs is 1. The Kier molecular flexibility index (Phi) is 4.54. The van der Waals surface area contributed by atoms with Gasteiger partial charge in [0.15, 0.2) is 15.8 Å². The van der Waals surface area contributed by atoms with E-state index in [1.165, 1.54) is 0 Å². The molecule has 0 amide bonds. The second-order valence-electron chi connectivity index (χ2n) is 6.02. The molecule has 3 heterocycles. The molecule has 1 aliphatic heterocycles. The lowest BCUT2D eigenvalue weighted by Crippen LogP contribution is -2.53. The molecule has 1 aliphatic rings. The zero-order chi connectivity index (χ0) is 15.7. The maximum Gasteiger partial charge on any atom is 0.176 e. The summed E-state index contributed by atoms with van der Waals surface area (Å²) in [4.78, 5) is 17.5. The molecule has 1 saturated heterocycles. The summed E-state index contributed by atoms with van der Waals surface area (Å²) in [5, 5.41) is 10.9. The Morgan fingerprint density at radius 3 is 3.00 bits per heavy atom. The largest absolute Gasteiger partial charge is 0.387 e. The van der Waals surface area contributed by atoms with E-state index in [0.717, 1.165) is 39.9 Å². The topological polar surface area (TPSA) is 65.4 Å². The monoisotopic (exact) mass is 339 g/mol. The highest BCUT2D eigenvalue weighted by Crippen LogP contribution is 2.35. The lowest BCUT2D eigenvalue weighted by molar-refractivity contribution is 0.00359. The summed E-state index contributed by atoms with van der Waals surface area (Å²) < 4.78 is 2.01. The minimum Gasteiger partial charge on any atom is -0.387 e. The van der Waals surface area contributed by atoms with Crippen LogP contribution in [0, 0.1) is 0 Å². The Balaban J connectivity index is 1.91. The molecule has 2 aromatic rings. The lowest BCUT2D eigenvalue weighted by Gasteiger charge is -2.41. The average molecular weight is 339 g/mol. The van der Waals surface area contributed by atoms with Crippen LogP contribution in [0.4, 0.5) is 5.82 Å². The van der Waals surface area contributed by atoms with Crippen molar-refractivity contribution in [3.05, 3.63) is 6.33 Å². The van der Waals surface area contributed by atoms with Gasteiger partial charge in [0.25, 0.3) is 0 Å². The second kappa shape index (κ2) is 6.27. The third kappa shape index (κ3) is 3.19. The molecule has 2 aromatic heterocycles. The van der Waals surface area contributed by atoms with Gasteiger partial charge in [0.05, 0.1) is 5.60 Å². The van der Waals surface area contributed by atoms with Crippen LogP contribution < -0.4 is 4.90 Å². The van der Waals surface area contributed by atoms with Gasteiger partial charge >= 0.3 is 0 Å². The van der Waals surface area contributed by atoms with Crippen LogP contribution in [0.2, 0.25) is 0 Å². The van der Waals surface area contributed by atoms with E-state index < -0.39 is 5.60 Å². The number of β-amino-alcohol motifs (C(OH)–C–C–N with tert-alkyl or cyclic N) is 1. The van der Waals surface area contributed by atoms with Crippen LogP contribution >= 0.6 is 23.1 Å². The molecule has 0 bridgehead atoms. The molecular weight excluding hydrogens is 318 g/mol. The second-order valence-corrected chi connectivity index (χ2v) is 8.07. The molecule has 0 spiro atoms. The third-order valence-corrected chi connectivity index (χ3v) is 5.82. The van der Waals surface area contributed by atoms with E-state index in [1.807, 2.05) is 25.3 Å². The van der Waals surface area contributed by atoms with Gasteiger partial charge in [-0.25, -0.2) is 15.0 Å². The van der Waals surface area contributed by atoms with E-state index in [9.17, 15) is 5.11 Å². The molecular formula is C14H21N5OS2. The molecule has 8 heteroatoms. The number of hydrogen-bond donors (Lipinski definition) is 1. The Hall–Kier alpha value is -0.960. The summed E-state index contributed by atoms with van der Waals surface area (Å²) >= 11 is 3.25. The molecule has 0 saturated carbocycles. The highest BCUT2D eigenvalue weighted by atomic mass is 32.2. The van der Waals surface area contributed by atoms with E-state index in [4.69, 9.17) is 0 Å². The Bertz CT molecular complexity index is 662. The molecule has 0 radical (unpaired) electrons. The number of thioether (sulfide) groups is 1. The first kappa shape index (κ1) is 15.9. The molecule has 0 aromatic carbocycles. The fraction of sp³-hybridized carbons (Fsp3) is 0.643. The molecule has 1 N–H and O–H groups in total. The van der Waals surface area contributed by atoms with Gasteiger partial charge in [-0.05, 0) is 33.2 Å². The normalized spacial score (nSPS) is 22.7. The third-order valence-electron chi connectivity index (χ3n) is 3.79. The van der Waals surface area contributed by atoms with Crippen LogP contribution in [-0.4, -0.2) is 70.5 Å². The molecule has 1 atom stereocenters. The number of nitrogens with zero attached hydrogens (tertiary/aromatic N) is 5. The molecule has 1 unspecified atom stereocenters. The van der Waals surface area contributed by atoms with Crippen LogP contribution in [0.5, 0.6) is 0 Å². The summed E-state index contributed by atoms with van der Waals surface area (Å²) in [5.74, 6) is 0.902. The SMILES string of the molecule is CSc1nc2ncnc(N3CCCC(O)(CN(C)C)C3)c2s1. The maximum atomic E-state index is 10.9. The van der Waals surface area contributed by atoms with E-state index in [1.54, 1.807) is 29.4 Å². The smallest absolute Gasteiger partial charge is 0.176 e. The molecule has 6 nitrogen and oxygen atoms in total. The van der Waals surface area contributed by atoms with E-state index in [2.05, 4.69) is 19.9 Å². The van der Waals surface area contributed by atoms with Gasteiger partial charge in [0, 0.05) is 19.6 Å². The molecule has 3 rings (SSSR count). The van der Waals surface area contributed by atoms with Crippen molar-refractivity contribution in [2.75, 3.05) is 44.9 Å². The fourth-order valence-corrected chi connectivity index (χ4v) is 4.58. The molecule has 120 valence electrons. The van der Waals surface area contributed by atoms with Crippen molar-refractivity contribution in [2.45, 2.75) is 22.8 Å². The Morgan fingerprint density at radius 1 is 1.45 bits per heavy atom. The first-order valence-corrected chi connectivity index (χ1v) is 9.32. The number of piperidine rings is 1. The van der Waals surface area contributed by atoms with Gasteiger partial charge < -0.3 is 14.9 Å². The van der Waals surface area contributed by atoms with Crippen LogP contribution in [0.15, 0.2) is 10.7 Å².